The highest BCUT2D eigenvalue weighted by atomic mass is 16.5. The fraction of sp³-hybridized carbons (Fsp3) is 0.143. The molecule has 0 saturated carbocycles. The van der Waals surface area contributed by atoms with Crippen molar-refractivity contribution in [3.63, 3.8) is 0 Å². The summed E-state index contributed by atoms with van der Waals surface area (Å²) < 4.78 is 5.72. The molecule has 0 unspecified atom stereocenters. The quantitative estimate of drug-likeness (QED) is 0.739. The molecule has 1 amide bonds. The number of ether oxygens (including phenoxy) is 1. The van der Waals surface area contributed by atoms with Crippen molar-refractivity contribution in [2.24, 2.45) is 0 Å². The van der Waals surface area contributed by atoms with Gasteiger partial charge >= 0.3 is 0 Å². The molecule has 5 heteroatoms. The summed E-state index contributed by atoms with van der Waals surface area (Å²) in [6, 6.07) is 16.7. The van der Waals surface area contributed by atoms with E-state index < -0.39 is 0 Å². The molecule has 5 nitrogen and oxygen atoms in total. The van der Waals surface area contributed by atoms with Crippen molar-refractivity contribution in [1.82, 2.24) is 4.98 Å². The van der Waals surface area contributed by atoms with Crippen LogP contribution in [0.25, 0.3) is 0 Å². The number of fused-ring (bicyclic) bond motifs is 1. The largest absolute Gasteiger partial charge is 0.508 e. The zero-order valence-electron chi connectivity index (χ0n) is 14.3. The van der Waals surface area contributed by atoms with E-state index in [0.29, 0.717) is 18.0 Å². The Morgan fingerprint density at radius 1 is 1.15 bits per heavy atom. The van der Waals surface area contributed by atoms with E-state index >= 15 is 0 Å². The van der Waals surface area contributed by atoms with Crippen LogP contribution in [0.3, 0.4) is 0 Å². The zero-order chi connectivity index (χ0) is 18.1. The normalized spacial score (nSPS) is 15.9. The van der Waals surface area contributed by atoms with Crippen molar-refractivity contribution in [3.05, 3.63) is 77.5 Å². The summed E-state index contributed by atoms with van der Waals surface area (Å²) in [5.74, 6) is 1.23. The first kappa shape index (κ1) is 16.1. The van der Waals surface area contributed by atoms with Crippen LogP contribution in [0.4, 0.5) is 5.69 Å². The molecule has 0 fully saturated rings. The van der Waals surface area contributed by atoms with E-state index in [-0.39, 0.29) is 17.6 Å². The molecule has 4 rings (SSSR count). The Bertz CT molecular complexity index is 953. The summed E-state index contributed by atoms with van der Waals surface area (Å²) in [6.45, 7) is 1.85. The minimum absolute atomic E-state index is 0.0737. The number of para-hydroxylation sites is 1. The Morgan fingerprint density at radius 3 is 2.69 bits per heavy atom. The van der Waals surface area contributed by atoms with Crippen molar-refractivity contribution in [3.8, 4) is 17.4 Å². The topological polar surface area (TPSA) is 71.5 Å². The summed E-state index contributed by atoms with van der Waals surface area (Å²) in [7, 11) is 0. The van der Waals surface area contributed by atoms with Gasteiger partial charge in [-0.1, -0.05) is 24.3 Å². The number of phenols is 1. The molecule has 1 aliphatic heterocycles. The van der Waals surface area contributed by atoms with Crippen LogP contribution in [0, 0.1) is 6.92 Å². The average Bonchev–Trinajstić information content (AvgIpc) is 2.64. The Morgan fingerprint density at radius 2 is 1.96 bits per heavy atom. The van der Waals surface area contributed by atoms with Crippen LogP contribution < -0.4 is 10.1 Å². The summed E-state index contributed by atoms with van der Waals surface area (Å²) in [4.78, 5) is 16.5. The van der Waals surface area contributed by atoms with Crippen LogP contribution in [0.5, 0.6) is 17.4 Å². The molecule has 2 aromatic carbocycles. The molecule has 1 atom stereocenters. The minimum atomic E-state index is -0.101. The summed E-state index contributed by atoms with van der Waals surface area (Å²) in [5, 5.41) is 12.7. The van der Waals surface area contributed by atoms with Gasteiger partial charge in [0.2, 0.25) is 11.8 Å². The van der Waals surface area contributed by atoms with Gasteiger partial charge in [0.1, 0.15) is 11.5 Å². The first-order chi connectivity index (χ1) is 12.6. The lowest BCUT2D eigenvalue weighted by atomic mass is 9.84. The Balaban J connectivity index is 1.64. The monoisotopic (exact) mass is 346 g/mol. The first-order valence-electron chi connectivity index (χ1n) is 8.42. The number of hydrogen-bond donors (Lipinski definition) is 2. The summed E-state index contributed by atoms with van der Waals surface area (Å²) >= 11 is 0. The van der Waals surface area contributed by atoms with Crippen molar-refractivity contribution in [2.45, 2.75) is 19.3 Å². The molecular weight excluding hydrogens is 328 g/mol. The highest BCUT2D eigenvalue weighted by Gasteiger charge is 2.27. The molecular formula is C21H18N2O3. The van der Waals surface area contributed by atoms with E-state index in [1.807, 2.05) is 55.5 Å². The minimum Gasteiger partial charge on any atom is -0.508 e. The van der Waals surface area contributed by atoms with Gasteiger partial charge in [0.25, 0.3) is 0 Å². The number of phenolic OH excluding ortho intramolecular Hbond substituents is 1. The maximum atomic E-state index is 12.1. The van der Waals surface area contributed by atoms with Crippen molar-refractivity contribution < 1.29 is 14.6 Å². The van der Waals surface area contributed by atoms with Crippen molar-refractivity contribution in [2.75, 3.05) is 5.32 Å². The number of hydrogen-bond acceptors (Lipinski definition) is 4. The molecule has 0 aliphatic carbocycles. The van der Waals surface area contributed by atoms with Crippen molar-refractivity contribution in [1.29, 1.82) is 0 Å². The highest BCUT2D eigenvalue weighted by molar-refractivity contribution is 5.95. The van der Waals surface area contributed by atoms with Gasteiger partial charge in [0.05, 0.1) is 0 Å². The zero-order valence-corrected chi connectivity index (χ0v) is 14.3. The van der Waals surface area contributed by atoms with Crippen LogP contribution >= 0.6 is 0 Å². The maximum Gasteiger partial charge on any atom is 0.225 e. The third kappa shape index (κ3) is 3.11. The SMILES string of the molecule is Cc1cc2c(cc1O)NC(=O)C[C@H]2c1ccc(Oc2ccccc2)nc1. The lowest BCUT2D eigenvalue weighted by Crippen LogP contribution is -2.23. The number of aryl methyl sites for hydroxylation is 1. The third-order valence-corrected chi connectivity index (χ3v) is 4.53. The number of aromatic hydroxyl groups is 1. The number of aromatic nitrogens is 1. The van der Waals surface area contributed by atoms with Gasteiger partial charge in [0.15, 0.2) is 0 Å². The summed E-state index contributed by atoms with van der Waals surface area (Å²) in [5.41, 5.74) is 3.35. The van der Waals surface area contributed by atoms with Gasteiger partial charge in [-0.2, -0.15) is 0 Å². The van der Waals surface area contributed by atoms with E-state index in [1.54, 1.807) is 12.3 Å². The molecule has 0 saturated heterocycles. The van der Waals surface area contributed by atoms with Gasteiger partial charge in [-0.3, -0.25) is 4.79 Å². The van der Waals surface area contributed by atoms with Gasteiger partial charge in [0, 0.05) is 36.4 Å². The number of nitrogens with zero attached hydrogens (tertiary/aromatic N) is 1. The Hall–Kier alpha value is -3.34. The maximum absolute atomic E-state index is 12.1. The lowest BCUT2D eigenvalue weighted by Gasteiger charge is -2.26. The predicted octanol–water partition coefficient (Wildman–Crippen LogP) is 4.36. The molecule has 130 valence electrons. The van der Waals surface area contributed by atoms with E-state index in [2.05, 4.69) is 10.3 Å². The fourth-order valence-electron chi connectivity index (χ4n) is 3.18. The molecule has 3 aromatic rings. The van der Waals surface area contributed by atoms with Crippen LogP contribution in [0.15, 0.2) is 60.8 Å². The van der Waals surface area contributed by atoms with E-state index in [4.69, 9.17) is 4.74 Å². The van der Waals surface area contributed by atoms with E-state index in [9.17, 15) is 9.90 Å². The number of nitrogens with one attached hydrogen (secondary N) is 1. The van der Waals surface area contributed by atoms with Crippen LogP contribution in [0.1, 0.15) is 29.0 Å². The molecule has 2 N–H and O–H groups in total. The second-order valence-corrected chi connectivity index (χ2v) is 6.38. The second-order valence-electron chi connectivity index (χ2n) is 6.38. The van der Waals surface area contributed by atoms with Crippen LogP contribution in [-0.4, -0.2) is 16.0 Å². The number of carbonyl (C=O) groups is 1. The van der Waals surface area contributed by atoms with Gasteiger partial charge in [-0.15, -0.1) is 0 Å². The molecule has 2 heterocycles. The number of carbonyl (C=O) groups excluding carboxylic acids is 1. The second kappa shape index (κ2) is 6.52. The van der Waals surface area contributed by atoms with E-state index in [1.165, 1.54) is 0 Å². The van der Waals surface area contributed by atoms with E-state index in [0.717, 1.165) is 22.4 Å². The van der Waals surface area contributed by atoms with Crippen molar-refractivity contribution >= 4 is 11.6 Å². The molecule has 0 radical (unpaired) electrons. The number of pyridine rings is 1. The standard InChI is InChI=1S/C21H18N2O3/c1-13-9-17-16(10-20(25)23-18(17)11-19(13)24)14-7-8-21(22-12-14)26-15-5-3-2-4-6-15/h2-9,11-12,16,24H,10H2,1H3,(H,23,25)/t16-/m0/s1. The smallest absolute Gasteiger partial charge is 0.225 e. The molecule has 26 heavy (non-hydrogen) atoms. The third-order valence-electron chi connectivity index (χ3n) is 4.53. The number of rotatable bonds is 3. The van der Waals surface area contributed by atoms with Gasteiger partial charge in [-0.25, -0.2) is 4.98 Å². The Kier molecular flexibility index (Phi) is 4.05. The first-order valence-corrected chi connectivity index (χ1v) is 8.42. The fourth-order valence-corrected chi connectivity index (χ4v) is 3.18. The molecule has 0 bridgehead atoms. The molecule has 0 spiro atoms. The average molecular weight is 346 g/mol. The van der Waals surface area contributed by atoms with Crippen LogP contribution in [-0.2, 0) is 4.79 Å². The van der Waals surface area contributed by atoms with Gasteiger partial charge < -0.3 is 15.2 Å². The van der Waals surface area contributed by atoms with Gasteiger partial charge in [-0.05, 0) is 41.8 Å². The molecule has 1 aliphatic rings. The highest BCUT2D eigenvalue weighted by Crippen LogP contribution is 2.40. The number of benzene rings is 2. The lowest BCUT2D eigenvalue weighted by molar-refractivity contribution is -0.116. The molecule has 1 aromatic heterocycles. The van der Waals surface area contributed by atoms with Crippen LogP contribution in [0.2, 0.25) is 0 Å². The number of amides is 1. The number of anilines is 1. The predicted molar refractivity (Wildman–Crippen MR) is 98.7 cm³/mol. The summed E-state index contributed by atoms with van der Waals surface area (Å²) in [6.07, 6.45) is 2.09. The Labute approximate surface area is 151 Å².